The molecule has 0 aliphatic heterocycles. The maximum Gasteiger partial charge on any atom is 0.0543 e. The zero-order valence-electron chi connectivity index (χ0n) is 38.9. The summed E-state index contributed by atoms with van der Waals surface area (Å²) in [6.45, 7) is 30.3. The standard InChI is InChI=1S/C59H64N2/c1-35(2)41-20-24-44(25-21-41)61(57-39(7)18-15-19-40(57)8)52-34-48(36(3)4)46-28-29-47-51(32-42-30-31-59(12,13)50-33-49(52)54(46)55(47)53(42)50)60(56-37(5)16-14-17-38(56)6)45-26-22-43(23-27-45)58(9,10)11/h14-29,32-36H,30-31H2,1-13H3. The third-order valence-electron chi connectivity index (χ3n) is 14.1. The predicted molar refractivity (Wildman–Crippen MR) is 267 cm³/mol. The molecule has 0 spiro atoms. The fourth-order valence-corrected chi connectivity index (χ4v) is 10.5. The van der Waals surface area contributed by atoms with E-state index in [1.54, 1.807) is 0 Å². The maximum atomic E-state index is 2.61. The third-order valence-corrected chi connectivity index (χ3v) is 14.1. The summed E-state index contributed by atoms with van der Waals surface area (Å²) in [6, 6.07) is 44.9. The van der Waals surface area contributed by atoms with Gasteiger partial charge in [0, 0.05) is 27.5 Å². The Morgan fingerprint density at radius 1 is 0.525 bits per heavy atom. The fraction of sp³-hybridized carbons (Fsp3) is 0.322. The van der Waals surface area contributed by atoms with Crippen LogP contribution >= 0.6 is 0 Å². The lowest BCUT2D eigenvalue weighted by molar-refractivity contribution is 0.475. The van der Waals surface area contributed by atoms with Gasteiger partial charge in [-0.3, -0.25) is 0 Å². The highest BCUT2D eigenvalue weighted by molar-refractivity contribution is 6.30. The van der Waals surface area contributed by atoms with Gasteiger partial charge >= 0.3 is 0 Å². The molecular formula is C59H64N2. The first-order valence-electron chi connectivity index (χ1n) is 22.7. The zero-order valence-corrected chi connectivity index (χ0v) is 38.9. The molecule has 9 rings (SSSR count). The van der Waals surface area contributed by atoms with E-state index in [1.807, 2.05) is 0 Å². The Balaban J connectivity index is 1.45. The summed E-state index contributed by atoms with van der Waals surface area (Å²) in [5.74, 6) is 0.782. The molecule has 0 unspecified atom stereocenters. The first kappa shape index (κ1) is 40.8. The largest absolute Gasteiger partial charge is 0.309 e. The van der Waals surface area contributed by atoms with E-state index in [4.69, 9.17) is 0 Å². The van der Waals surface area contributed by atoms with Crippen LogP contribution in [0.1, 0.15) is 131 Å². The molecule has 0 bridgehead atoms. The summed E-state index contributed by atoms with van der Waals surface area (Å²) >= 11 is 0. The Morgan fingerprint density at radius 2 is 1.03 bits per heavy atom. The van der Waals surface area contributed by atoms with Gasteiger partial charge in [-0.15, -0.1) is 0 Å². The van der Waals surface area contributed by atoms with Gasteiger partial charge in [0.05, 0.1) is 22.7 Å². The Labute approximate surface area is 365 Å². The SMILES string of the molecule is Cc1cccc(C)c1N(c1ccc(C(C)C)cc1)c1cc(C(C)C)c2ccc3c(N(c4ccc(C(C)(C)C)cc4)c4c(C)cccc4C)cc4c5c(cc1c2c35)C(C)(C)CC4. The summed E-state index contributed by atoms with van der Waals surface area (Å²) in [5.41, 5.74) is 19.6. The Hall–Kier alpha value is -5.60. The van der Waals surface area contributed by atoms with E-state index in [9.17, 15) is 0 Å². The average Bonchev–Trinajstić information content (AvgIpc) is 3.21. The van der Waals surface area contributed by atoms with Crippen molar-refractivity contribution in [1.29, 1.82) is 0 Å². The van der Waals surface area contributed by atoms with Gasteiger partial charge in [-0.2, -0.15) is 0 Å². The average molecular weight is 801 g/mol. The second-order valence-electron chi connectivity index (χ2n) is 20.5. The van der Waals surface area contributed by atoms with Gasteiger partial charge in [0.25, 0.3) is 0 Å². The molecule has 0 saturated carbocycles. The van der Waals surface area contributed by atoms with Crippen molar-refractivity contribution in [2.45, 2.75) is 126 Å². The van der Waals surface area contributed by atoms with Crippen molar-refractivity contribution < 1.29 is 0 Å². The van der Waals surface area contributed by atoms with Gasteiger partial charge in [-0.05, 0) is 172 Å². The molecule has 8 aromatic carbocycles. The molecule has 2 heteroatoms. The number of nitrogens with zero attached hydrogens (tertiary/aromatic N) is 2. The van der Waals surface area contributed by atoms with Crippen molar-refractivity contribution in [2.75, 3.05) is 9.80 Å². The lowest BCUT2D eigenvalue weighted by atomic mass is 9.70. The van der Waals surface area contributed by atoms with Crippen LogP contribution in [0.25, 0.3) is 32.3 Å². The van der Waals surface area contributed by atoms with Crippen molar-refractivity contribution in [3.63, 3.8) is 0 Å². The molecule has 0 fully saturated rings. The second-order valence-corrected chi connectivity index (χ2v) is 20.5. The van der Waals surface area contributed by atoms with Crippen molar-refractivity contribution in [3.8, 4) is 0 Å². The Kier molecular flexibility index (Phi) is 9.89. The Morgan fingerprint density at radius 3 is 1.54 bits per heavy atom. The van der Waals surface area contributed by atoms with Gasteiger partial charge in [0.15, 0.2) is 0 Å². The predicted octanol–water partition coefficient (Wildman–Crippen LogP) is 17.5. The van der Waals surface area contributed by atoms with Crippen LogP contribution < -0.4 is 9.80 Å². The van der Waals surface area contributed by atoms with Crippen LogP contribution in [0.15, 0.2) is 115 Å². The first-order valence-corrected chi connectivity index (χ1v) is 22.7. The topological polar surface area (TPSA) is 6.48 Å². The molecule has 0 atom stereocenters. The van der Waals surface area contributed by atoms with Crippen LogP contribution in [0.5, 0.6) is 0 Å². The van der Waals surface area contributed by atoms with Crippen LogP contribution in [0.3, 0.4) is 0 Å². The quantitative estimate of drug-likeness (QED) is 0.141. The highest BCUT2D eigenvalue weighted by atomic mass is 15.2. The molecule has 0 amide bonds. The van der Waals surface area contributed by atoms with Gasteiger partial charge in [0.2, 0.25) is 0 Å². The summed E-state index contributed by atoms with van der Waals surface area (Å²) in [7, 11) is 0. The molecule has 0 radical (unpaired) electrons. The summed E-state index contributed by atoms with van der Waals surface area (Å²) < 4.78 is 0. The monoisotopic (exact) mass is 801 g/mol. The van der Waals surface area contributed by atoms with E-state index in [0.717, 1.165) is 12.8 Å². The molecule has 1 aliphatic rings. The minimum Gasteiger partial charge on any atom is -0.309 e. The van der Waals surface area contributed by atoms with Crippen LogP contribution in [0.2, 0.25) is 0 Å². The van der Waals surface area contributed by atoms with E-state index in [1.165, 1.54) is 117 Å². The van der Waals surface area contributed by atoms with Gasteiger partial charge < -0.3 is 9.80 Å². The van der Waals surface area contributed by atoms with Crippen LogP contribution in [0, 0.1) is 27.7 Å². The fourth-order valence-electron chi connectivity index (χ4n) is 10.5. The van der Waals surface area contributed by atoms with E-state index in [0.29, 0.717) is 11.8 Å². The number of benzene rings is 8. The van der Waals surface area contributed by atoms with E-state index < -0.39 is 0 Å². The van der Waals surface area contributed by atoms with Gasteiger partial charge in [-0.1, -0.05) is 135 Å². The van der Waals surface area contributed by atoms with E-state index >= 15 is 0 Å². The van der Waals surface area contributed by atoms with Gasteiger partial charge in [0.1, 0.15) is 0 Å². The summed E-state index contributed by atoms with van der Waals surface area (Å²) in [4.78, 5) is 5.18. The maximum absolute atomic E-state index is 2.61. The molecule has 61 heavy (non-hydrogen) atoms. The number of para-hydroxylation sites is 2. The highest BCUT2D eigenvalue weighted by Gasteiger charge is 2.34. The molecule has 0 N–H and O–H groups in total. The minimum absolute atomic E-state index is 0.00664. The highest BCUT2D eigenvalue weighted by Crippen LogP contribution is 2.55. The number of hydrogen-bond donors (Lipinski definition) is 0. The van der Waals surface area contributed by atoms with Crippen molar-refractivity contribution in [2.24, 2.45) is 0 Å². The van der Waals surface area contributed by atoms with Crippen LogP contribution in [0.4, 0.5) is 34.1 Å². The molecule has 8 aromatic rings. The van der Waals surface area contributed by atoms with Crippen molar-refractivity contribution >= 4 is 66.4 Å². The first-order chi connectivity index (χ1) is 29.0. The molecule has 0 aromatic heterocycles. The Bertz CT molecular complexity index is 2910. The summed E-state index contributed by atoms with van der Waals surface area (Å²) in [6.07, 6.45) is 2.15. The molecule has 0 heterocycles. The van der Waals surface area contributed by atoms with Gasteiger partial charge in [-0.25, -0.2) is 0 Å². The molecule has 310 valence electrons. The third kappa shape index (κ3) is 6.69. The number of rotatable bonds is 8. The molecular weight excluding hydrogens is 737 g/mol. The number of anilines is 6. The number of hydrogen-bond acceptors (Lipinski definition) is 2. The van der Waals surface area contributed by atoms with E-state index in [2.05, 4.69) is 215 Å². The van der Waals surface area contributed by atoms with E-state index in [-0.39, 0.29) is 10.8 Å². The zero-order chi connectivity index (χ0) is 43.3. The summed E-state index contributed by atoms with van der Waals surface area (Å²) in [5, 5.41) is 8.26. The molecule has 2 nitrogen and oxygen atoms in total. The normalized spacial score (nSPS) is 14.0. The molecule has 0 saturated heterocycles. The second kappa shape index (κ2) is 14.8. The van der Waals surface area contributed by atoms with Crippen LogP contribution in [-0.2, 0) is 17.3 Å². The minimum atomic E-state index is 0.00664. The number of aryl methyl sites for hydroxylation is 5. The lowest BCUT2D eigenvalue weighted by Crippen LogP contribution is -2.24. The smallest absolute Gasteiger partial charge is 0.0543 e. The van der Waals surface area contributed by atoms with Crippen molar-refractivity contribution in [1.82, 2.24) is 0 Å². The van der Waals surface area contributed by atoms with Crippen LogP contribution in [-0.4, -0.2) is 0 Å². The molecule has 1 aliphatic carbocycles. The van der Waals surface area contributed by atoms with Crippen molar-refractivity contribution in [3.05, 3.63) is 165 Å². The lowest BCUT2D eigenvalue weighted by Gasteiger charge is -2.38.